The highest BCUT2D eigenvalue weighted by Crippen LogP contribution is 2.58. The van der Waals surface area contributed by atoms with Crippen LogP contribution in [0.4, 0.5) is 0 Å². The Morgan fingerprint density at radius 3 is 1.26 bits per heavy atom. The van der Waals surface area contributed by atoms with E-state index < -0.39 is 22.5 Å². The predicted octanol–water partition coefficient (Wildman–Crippen LogP) is 2.60. The highest BCUT2D eigenvalue weighted by Gasteiger charge is 2.60. The summed E-state index contributed by atoms with van der Waals surface area (Å²) in [5.41, 5.74) is 9.32. The Morgan fingerprint density at radius 1 is 0.737 bits per heavy atom. The lowest BCUT2D eigenvalue weighted by atomic mass is 9.45. The molecule has 0 spiro atoms. The molecule has 1 unspecified atom stereocenters. The molecule has 1 atom stereocenters. The number of hydrogen-bond acceptors (Lipinski definition) is 3. The molecule has 19 heavy (non-hydrogen) atoms. The maximum atomic E-state index is 11.5. The summed E-state index contributed by atoms with van der Waals surface area (Å²) in [4.78, 5) is 11.5. The van der Waals surface area contributed by atoms with E-state index in [-0.39, 0.29) is 10.8 Å². The summed E-state index contributed by atoms with van der Waals surface area (Å²) < 4.78 is 0. The molecule has 0 aromatic heterocycles. The van der Waals surface area contributed by atoms with Gasteiger partial charge in [0.1, 0.15) is 5.54 Å². The minimum Gasteiger partial charge on any atom is -0.480 e. The monoisotopic (exact) mass is 272 g/mol. The van der Waals surface area contributed by atoms with Crippen molar-refractivity contribution in [1.29, 1.82) is 0 Å². The number of nitrogens with two attached hydrogens (primary N) is 2. The Balaban J connectivity index is 5.99. The summed E-state index contributed by atoms with van der Waals surface area (Å²) in [6, 6.07) is 0. The van der Waals surface area contributed by atoms with Crippen molar-refractivity contribution in [1.82, 2.24) is 0 Å². The van der Waals surface area contributed by atoms with Crippen LogP contribution in [0.15, 0.2) is 0 Å². The third-order valence-electron chi connectivity index (χ3n) is 6.48. The molecule has 0 aliphatic heterocycles. The lowest BCUT2D eigenvalue weighted by molar-refractivity contribution is -0.159. The standard InChI is InChI=1S/C15H32N2O2/c1-11(2,12(3,4)14(7,8)16)13(5,6)15(9,17)10(18)19/h16-17H2,1-9H3,(H,18,19). The van der Waals surface area contributed by atoms with E-state index in [0.717, 1.165) is 0 Å². The largest absolute Gasteiger partial charge is 0.480 e. The van der Waals surface area contributed by atoms with Gasteiger partial charge in [0.05, 0.1) is 0 Å². The molecular formula is C15H32N2O2. The molecule has 0 aromatic rings. The second-order valence-electron chi connectivity index (χ2n) is 8.10. The molecule has 0 rings (SSSR count). The highest BCUT2D eigenvalue weighted by molar-refractivity contribution is 5.79. The third kappa shape index (κ3) is 2.40. The van der Waals surface area contributed by atoms with Crippen LogP contribution in [0.1, 0.15) is 62.3 Å². The molecule has 0 aromatic carbocycles. The molecule has 0 fully saturated rings. The number of carbonyl (C=O) groups is 1. The maximum absolute atomic E-state index is 11.5. The Bertz CT molecular complexity index is 361. The van der Waals surface area contributed by atoms with E-state index in [1.165, 1.54) is 0 Å². The van der Waals surface area contributed by atoms with E-state index in [1.807, 2.05) is 27.7 Å². The second kappa shape index (κ2) is 4.45. The normalized spacial score (nSPS) is 18.1. The summed E-state index contributed by atoms with van der Waals surface area (Å²) in [5.74, 6) is -0.990. The zero-order valence-corrected chi connectivity index (χ0v) is 14.0. The Hall–Kier alpha value is -0.610. The van der Waals surface area contributed by atoms with E-state index in [9.17, 15) is 9.90 Å². The minimum atomic E-state index is -1.33. The molecule has 4 nitrogen and oxygen atoms in total. The van der Waals surface area contributed by atoms with Crippen molar-refractivity contribution >= 4 is 5.97 Å². The lowest BCUT2D eigenvalue weighted by Crippen LogP contribution is -2.68. The third-order valence-corrected chi connectivity index (χ3v) is 6.48. The zero-order chi connectivity index (χ0) is 16.1. The van der Waals surface area contributed by atoms with Gasteiger partial charge in [-0.1, -0.05) is 41.5 Å². The van der Waals surface area contributed by atoms with Gasteiger partial charge in [-0.05, 0) is 37.0 Å². The molecule has 0 bridgehead atoms. The molecule has 0 saturated carbocycles. The van der Waals surface area contributed by atoms with Crippen molar-refractivity contribution in [3.8, 4) is 0 Å². The van der Waals surface area contributed by atoms with Crippen molar-refractivity contribution in [3.05, 3.63) is 0 Å². The van der Waals surface area contributed by atoms with Gasteiger partial charge in [0, 0.05) is 5.54 Å². The van der Waals surface area contributed by atoms with Crippen LogP contribution in [0.25, 0.3) is 0 Å². The molecule has 0 amide bonds. The van der Waals surface area contributed by atoms with E-state index in [4.69, 9.17) is 11.5 Å². The fourth-order valence-electron chi connectivity index (χ4n) is 2.50. The first-order valence-corrected chi connectivity index (χ1v) is 6.76. The van der Waals surface area contributed by atoms with Crippen molar-refractivity contribution in [3.63, 3.8) is 0 Å². The van der Waals surface area contributed by atoms with Crippen LogP contribution in [0.3, 0.4) is 0 Å². The Morgan fingerprint density at radius 2 is 1.05 bits per heavy atom. The van der Waals surface area contributed by atoms with Crippen molar-refractivity contribution in [2.75, 3.05) is 0 Å². The average Bonchev–Trinajstić information content (AvgIpc) is 2.14. The van der Waals surface area contributed by atoms with Crippen LogP contribution in [0.5, 0.6) is 0 Å². The Kier molecular flexibility index (Phi) is 4.31. The van der Waals surface area contributed by atoms with Crippen molar-refractivity contribution in [2.45, 2.75) is 73.4 Å². The van der Waals surface area contributed by atoms with Gasteiger partial charge in [0.2, 0.25) is 0 Å². The van der Waals surface area contributed by atoms with Crippen LogP contribution in [-0.4, -0.2) is 22.2 Å². The first kappa shape index (κ1) is 18.4. The molecule has 4 heteroatoms. The highest BCUT2D eigenvalue weighted by atomic mass is 16.4. The van der Waals surface area contributed by atoms with Gasteiger partial charge >= 0.3 is 5.97 Å². The summed E-state index contributed by atoms with van der Waals surface area (Å²) >= 11 is 0. The zero-order valence-electron chi connectivity index (χ0n) is 14.0. The summed E-state index contributed by atoms with van der Waals surface area (Å²) in [7, 11) is 0. The predicted molar refractivity (Wildman–Crippen MR) is 79.8 cm³/mol. The first-order valence-electron chi connectivity index (χ1n) is 6.76. The SMILES string of the molecule is CC(C)(N)C(C)(C)C(C)(C)C(C)(C)C(C)(N)C(=O)O. The van der Waals surface area contributed by atoms with Gasteiger partial charge < -0.3 is 16.6 Å². The quantitative estimate of drug-likeness (QED) is 0.717. The molecular weight excluding hydrogens is 240 g/mol. The second-order valence-corrected chi connectivity index (χ2v) is 8.10. The molecule has 0 radical (unpaired) electrons. The summed E-state index contributed by atoms with van der Waals surface area (Å²) in [6.45, 7) is 17.6. The van der Waals surface area contributed by atoms with Gasteiger partial charge in [0.15, 0.2) is 0 Å². The van der Waals surface area contributed by atoms with Crippen LogP contribution >= 0.6 is 0 Å². The first-order chi connectivity index (χ1) is 7.94. The van der Waals surface area contributed by atoms with Crippen LogP contribution < -0.4 is 11.5 Å². The van der Waals surface area contributed by atoms with Crippen LogP contribution in [0, 0.1) is 16.2 Å². The molecule has 0 aliphatic carbocycles. The fraction of sp³-hybridized carbons (Fsp3) is 0.933. The van der Waals surface area contributed by atoms with Gasteiger partial charge in [-0.15, -0.1) is 0 Å². The van der Waals surface area contributed by atoms with Crippen molar-refractivity contribution in [2.24, 2.45) is 27.7 Å². The summed E-state index contributed by atoms with van der Waals surface area (Å²) in [6.07, 6.45) is 0. The van der Waals surface area contributed by atoms with E-state index >= 15 is 0 Å². The number of hydrogen-bond donors (Lipinski definition) is 3. The maximum Gasteiger partial charge on any atom is 0.323 e. The lowest BCUT2D eigenvalue weighted by Gasteiger charge is -2.60. The number of rotatable bonds is 5. The van der Waals surface area contributed by atoms with Gasteiger partial charge in [-0.2, -0.15) is 0 Å². The fourth-order valence-corrected chi connectivity index (χ4v) is 2.50. The smallest absolute Gasteiger partial charge is 0.323 e. The number of carboxylic acid groups (broad SMARTS) is 1. The molecule has 0 aliphatic rings. The van der Waals surface area contributed by atoms with Gasteiger partial charge in [-0.3, -0.25) is 4.79 Å². The topological polar surface area (TPSA) is 89.3 Å². The summed E-state index contributed by atoms with van der Waals surface area (Å²) in [5, 5.41) is 9.45. The molecule has 114 valence electrons. The van der Waals surface area contributed by atoms with E-state index in [0.29, 0.717) is 0 Å². The van der Waals surface area contributed by atoms with E-state index in [2.05, 4.69) is 27.7 Å². The number of aliphatic carboxylic acids is 1. The van der Waals surface area contributed by atoms with Gasteiger partial charge in [0.25, 0.3) is 0 Å². The van der Waals surface area contributed by atoms with E-state index in [1.54, 1.807) is 6.92 Å². The van der Waals surface area contributed by atoms with Gasteiger partial charge in [-0.25, -0.2) is 0 Å². The van der Waals surface area contributed by atoms with Crippen LogP contribution in [-0.2, 0) is 4.79 Å². The Labute approximate surface area is 117 Å². The van der Waals surface area contributed by atoms with Crippen molar-refractivity contribution < 1.29 is 9.90 Å². The minimum absolute atomic E-state index is 0.306. The molecule has 0 heterocycles. The molecule has 5 N–H and O–H groups in total. The van der Waals surface area contributed by atoms with Crippen LogP contribution in [0.2, 0.25) is 0 Å². The average molecular weight is 272 g/mol. The number of carboxylic acids is 1. The molecule has 0 saturated heterocycles.